The summed E-state index contributed by atoms with van der Waals surface area (Å²) >= 11 is 1.57. The smallest absolute Gasteiger partial charge is 0.319 e. The number of thiazole rings is 1. The fourth-order valence-electron chi connectivity index (χ4n) is 4.21. The molecule has 8 heteroatoms. The zero-order valence-electron chi connectivity index (χ0n) is 19.4. The quantitative estimate of drug-likeness (QED) is 0.511. The van der Waals surface area contributed by atoms with E-state index in [0.717, 1.165) is 40.5 Å². The largest absolute Gasteiger partial charge is 0.342 e. The van der Waals surface area contributed by atoms with Gasteiger partial charge in [0.2, 0.25) is 5.91 Å². The minimum Gasteiger partial charge on any atom is -0.342 e. The molecule has 1 aromatic heterocycles. The monoisotopic (exact) mass is 480 g/mol. The van der Waals surface area contributed by atoms with Gasteiger partial charge in [0.15, 0.2) is 0 Å². The van der Waals surface area contributed by atoms with Crippen LogP contribution in [0, 0.1) is 25.6 Å². The molecule has 1 atom stereocenters. The Labute approximate surface area is 203 Å². The maximum atomic E-state index is 13.3. The number of aryl methyl sites for hydroxylation is 2. The second-order valence-corrected chi connectivity index (χ2v) is 10.0. The van der Waals surface area contributed by atoms with Gasteiger partial charge < -0.3 is 15.5 Å². The maximum Gasteiger partial charge on any atom is 0.319 e. The molecule has 3 aromatic rings. The molecule has 1 aliphatic rings. The van der Waals surface area contributed by atoms with Crippen molar-refractivity contribution in [3.63, 3.8) is 0 Å². The van der Waals surface area contributed by atoms with Crippen LogP contribution < -0.4 is 10.6 Å². The first kappa shape index (κ1) is 23.9. The van der Waals surface area contributed by atoms with Crippen LogP contribution in [0.1, 0.15) is 28.3 Å². The van der Waals surface area contributed by atoms with E-state index in [2.05, 4.69) is 39.9 Å². The molecule has 2 N–H and O–H groups in total. The van der Waals surface area contributed by atoms with Crippen molar-refractivity contribution in [3.8, 4) is 11.3 Å². The van der Waals surface area contributed by atoms with E-state index in [1.807, 2.05) is 18.7 Å². The van der Waals surface area contributed by atoms with Crippen LogP contribution in [0.15, 0.2) is 48.5 Å². The Hall–Kier alpha value is -3.26. The number of nitrogens with one attached hydrogen (secondary N) is 2. The Kier molecular flexibility index (Phi) is 7.57. The Morgan fingerprint density at radius 1 is 1.18 bits per heavy atom. The van der Waals surface area contributed by atoms with E-state index in [-0.39, 0.29) is 17.9 Å². The average Bonchev–Trinajstić information content (AvgIpc) is 3.18. The van der Waals surface area contributed by atoms with Gasteiger partial charge in [-0.05, 0) is 50.8 Å². The first-order chi connectivity index (χ1) is 16.4. The molecule has 0 saturated carbocycles. The normalized spacial score (nSPS) is 15.7. The summed E-state index contributed by atoms with van der Waals surface area (Å²) in [5, 5.41) is 6.44. The van der Waals surface area contributed by atoms with Crippen LogP contribution in [-0.2, 0) is 11.2 Å². The number of rotatable bonds is 6. The van der Waals surface area contributed by atoms with Crippen molar-refractivity contribution in [3.05, 3.63) is 69.8 Å². The second-order valence-electron chi connectivity index (χ2n) is 8.74. The van der Waals surface area contributed by atoms with Gasteiger partial charge in [0.05, 0.1) is 17.1 Å². The number of carbonyl (C=O) groups is 2. The molecule has 2 heterocycles. The lowest BCUT2D eigenvalue weighted by molar-refractivity contribution is -0.132. The van der Waals surface area contributed by atoms with Gasteiger partial charge in [-0.3, -0.25) is 4.79 Å². The lowest BCUT2D eigenvalue weighted by atomic mass is 9.97. The maximum absolute atomic E-state index is 13.3. The van der Waals surface area contributed by atoms with Gasteiger partial charge in [0, 0.05) is 35.8 Å². The third-order valence-corrected chi connectivity index (χ3v) is 6.92. The summed E-state index contributed by atoms with van der Waals surface area (Å²) in [5.41, 5.74) is 3.51. The fraction of sp³-hybridized carbons (Fsp3) is 0.346. The van der Waals surface area contributed by atoms with Crippen LogP contribution in [0.4, 0.5) is 14.9 Å². The Balaban J connectivity index is 1.32. The van der Waals surface area contributed by atoms with E-state index < -0.39 is 5.82 Å². The highest BCUT2D eigenvalue weighted by molar-refractivity contribution is 7.12. The van der Waals surface area contributed by atoms with Gasteiger partial charge in [0.1, 0.15) is 5.82 Å². The topological polar surface area (TPSA) is 74.3 Å². The molecular formula is C26H29FN4O2S. The van der Waals surface area contributed by atoms with E-state index in [0.29, 0.717) is 25.2 Å². The van der Waals surface area contributed by atoms with Crippen molar-refractivity contribution in [1.29, 1.82) is 0 Å². The number of nitrogens with zero attached hydrogens (tertiary/aromatic N) is 2. The van der Waals surface area contributed by atoms with Gasteiger partial charge in [0.25, 0.3) is 0 Å². The number of likely N-dealkylation sites (tertiary alicyclic amines) is 1. The van der Waals surface area contributed by atoms with E-state index in [1.165, 1.54) is 17.7 Å². The summed E-state index contributed by atoms with van der Waals surface area (Å²) in [6, 6.07) is 13.6. The Morgan fingerprint density at radius 3 is 2.74 bits per heavy atom. The minimum atomic E-state index is -0.402. The number of benzene rings is 2. The number of piperidine rings is 1. The summed E-state index contributed by atoms with van der Waals surface area (Å²) in [5.74, 6) is -0.137. The molecule has 1 saturated heterocycles. The van der Waals surface area contributed by atoms with Crippen molar-refractivity contribution >= 4 is 29.0 Å². The SMILES string of the molecule is Cc1ccc(-c2nc(C)sc2CC(=O)N2CCCC(CNC(=O)Nc3cccc(F)c3)C2)cc1. The van der Waals surface area contributed by atoms with Crippen molar-refractivity contribution in [2.45, 2.75) is 33.1 Å². The number of amides is 3. The molecule has 0 spiro atoms. The Morgan fingerprint density at radius 2 is 1.97 bits per heavy atom. The van der Waals surface area contributed by atoms with E-state index >= 15 is 0 Å². The molecule has 1 unspecified atom stereocenters. The van der Waals surface area contributed by atoms with E-state index in [1.54, 1.807) is 23.5 Å². The predicted molar refractivity (Wildman–Crippen MR) is 133 cm³/mol. The van der Waals surface area contributed by atoms with E-state index in [4.69, 9.17) is 0 Å². The van der Waals surface area contributed by atoms with Gasteiger partial charge in [-0.25, -0.2) is 14.2 Å². The van der Waals surface area contributed by atoms with Gasteiger partial charge >= 0.3 is 6.03 Å². The number of urea groups is 1. The molecule has 1 aliphatic heterocycles. The third kappa shape index (κ3) is 6.20. The number of hydrogen-bond acceptors (Lipinski definition) is 4. The second kappa shape index (κ2) is 10.8. The molecule has 6 nitrogen and oxygen atoms in total. The highest BCUT2D eigenvalue weighted by Gasteiger charge is 2.25. The van der Waals surface area contributed by atoms with E-state index in [9.17, 15) is 14.0 Å². The van der Waals surface area contributed by atoms with Crippen molar-refractivity contribution in [2.75, 3.05) is 25.0 Å². The molecule has 178 valence electrons. The highest BCUT2D eigenvalue weighted by Crippen LogP contribution is 2.29. The molecule has 0 radical (unpaired) electrons. The standard InChI is InChI=1S/C26H29FN4O2S/c1-17-8-10-20(11-9-17)25-23(34-18(2)29-25)14-24(32)31-12-4-5-19(16-31)15-28-26(33)30-22-7-3-6-21(27)13-22/h3,6-11,13,19H,4-5,12,14-16H2,1-2H3,(H2,28,30,33). The molecule has 0 bridgehead atoms. The van der Waals surface area contributed by atoms with Gasteiger partial charge in [-0.15, -0.1) is 11.3 Å². The molecule has 4 rings (SSSR count). The molecular weight excluding hydrogens is 451 g/mol. The van der Waals surface area contributed by atoms with Crippen LogP contribution in [0.25, 0.3) is 11.3 Å². The first-order valence-electron chi connectivity index (χ1n) is 11.5. The highest BCUT2D eigenvalue weighted by atomic mass is 32.1. The molecule has 2 aromatic carbocycles. The third-order valence-electron chi connectivity index (χ3n) is 5.95. The Bertz CT molecular complexity index is 1160. The number of aromatic nitrogens is 1. The fourth-order valence-corrected chi connectivity index (χ4v) is 5.16. The number of carbonyl (C=O) groups excluding carboxylic acids is 2. The summed E-state index contributed by atoms with van der Waals surface area (Å²) in [7, 11) is 0. The molecule has 34 heavy (non-hydrogen) atoms. The number of halogens is 1. The molecule has 1 fully saturated rings. The average molecular weight is 481 g/mol. The first-order valence-corrected chi connectivity index (χ1v) is 12.3. The number of anilines is 1. The summed E-state index contributed by atoms with van der Waals surface area (Å²) < 4.78 is 13.3. The summed E-state index contributed by atoms with van der Waals surface area (Å²) in [6.45, 7) is 5.81. The molecule has 3 amide bonds. The lowest BCUT2D eigenvalue weighted by Gasteiger charge is -2.33. The van der Waals surface area contributed by atoms with Gasteiger partial charge in [-0.1, -0.05) is 35.9 Å². The van der Waals surface area contributed by atoms with Crippen molar-refractivity contribution < 1.29 is 14.0 Å². The van der Waals surface area contributed by atoms with Crippen LogP contribution in [0.5, 0.6) is 0 Å². The van der Waals surface area contributed by atoms with Gasteiger partial charge in [-0.2, -0.15) is 0 Å². The molecule has 0 aliphatic carbocycles. The minimum absolute atomic E-state index is 0.0888. The zero-order valence-corrected chi connectivity index (χ0v) is 20.3. The van der Waals surface area contributed by atoms with Crippen LogP contribution in [0.2, 0.25) is 0 Å². The summed E-state index contributed by atoms with van der Waals surface area (Å²) in [6.07, 6.45) is 2.17. The van der Waals surface area contributed by atoms with Crippen LogP contribution >= 0.6 is 11.3 Å². The number of hydrogen-bond donors (Lipinski definition) is 2. The van der Waals surface area contributed by atoms with Crippen molar-refractivity contribution in [2.24, 2.45) is 5.92 Å². The summed E-state index contributed by atoms with van der Waals surface area (Å²) in [4.78, 5) is 32.9. The van der Waals surface area contributed by atoms with Crippen LogP contribution in [-0.4, -0.2) is 41.5 Å². The zero-order chi connectivity index (χ0) is 24.1. The van der Waals surface area contributed by atoms with Crippen molar-refractivity contribution in [1.82, 2.24) is 15.2 Å². The predicted octanol–water partition coefficient (Wildman–Crippen LogP) is 5.17. The van der Waals surface area contributed by atoms with Crippen LogP contribution in [0.3, 0.4) is 0 Å². The lowest BCUT2D eigenvalue weighted by Crippen LogP contribution is -2.44.